The van der Waals surface area contributed by atoms with Crippen molar-refractivity contribution in [3.8, 4) is 0 Å². The lowest BCUT2D eigenvalue weighted by atomic mass is 10.0. The lowest BCUT2D eigenvalue weighted by Crippen LogP contribution is -2.58. The molecule has 5 atom stereocenters. The standard InChI is InChI=1S/C12H25NO4S/c1-2-3-4-5-6-18-12-11(16)10(15)9(14)8(7-13)17-12/h8-12,14-16H,2-7,13H2,1H3/t8-,9-,10+,11+,12?/m1/s1. The van der Waals surface area contributed by atoms with Crippen LogP contribution < -0.4 is 5.73 Å². The fourth-order valence-corrected chi connectivity index (χ4v) is 3.16. The van der Waals surface area contributed by atoms with Crippen LogP contribution >= 0.6 is 11.8 Å². The van der Waals surface area contributed by atoms with Gasteiger partial charge in [-0.15, -0.1) is 11.8 Å². The summed E-state index contributed by atoms with van der Waals surface area (Å²) >= 11 is 1.48. The second-order valence-electron chi connectivity index (χ2n) is 4.68. The van der Waals surface area contributed by atoms with E-state index in [4.69, 9.17) is 10.5 Å². The zero-order chi connectivity index (χ0) is 13.5. The lowest BCUT2D eigenvalue weighted by molar-refractivity contribution is -0.194. The fraction of sp³-hybridized carbons (Fsp3) is 1.00. The smallest absolute Gasteiger partial charge is 0.132 e. The Morgan fingerprint density at radius 3 is 2.39 bits per heavy atom. The first-order valence-electron chi connectivity index (χ1n) is 6.63. The van der Waals surface area contributed by atoms with Crippen molar-refractivity contribution < 1.29 is 20.1 Å². The average Bonchev–Trinajstić information content (AvgIpc) is 2.38. The molecule has 0 saturated carbocycles. The van der Waals surface area contributed by atoms with Crippen LogP contribution in [0.4, 0.5) is 0 Å². The van der Waals surface area contributed by atoms with Crippen LogP contribution in [0.1, 0.15) is 32.6 Å². The van der Waals surface area contributed by atoms with Crippen LogP contribution in [0.5, 0.6) is 0 Å². The molecule has 0 aromatic rings. The third-order valence-electron chi connectivity index (χ3n) is 3.18. The van der Waals surface area contributed by atoms with Crippen LogP contribution in [0.2, 0.25) is 0 Å². The first-order chi connectivity index (χ1) is 8.61. The van der Waals surface area contributed by atoms with E-state index in [1.54, 1.807) is 0 Å². The average molecular weight is 279 g/mol. The Kier molecular flexibility index (Phi) is 7.51. The van der Waals surface area contributed by atoms with E-state index in [1.807, 2.05) is 0 Å². The first kappa shape index (κ1) is 16.2. The number of hydrogen-bond donors (Lipinski definition) is 4. The van der Waals surface area contributed by atoms with E-state index in [0.29, 0.717) is 0 Å². The largest absolute Gasteiger partial charge is 0.388 e. The van der Waals surface area contributed by atoms with E-state index >= 15 is 0 Å². The Balaban J connectivity index is 2.35. The fourth-order valence-electron chi connectivity index (χ4n) is 1.98. The molecule has 108 valence electrons. The zero-order valence-corrected chi connectivity index (χ0v) is 11.7. The second-order valence-corrected chi connectivity index (χ2v) is 5.89. The summed E-state index contributed by atoms with van der Waals surface area (Å²) in [5, 5.41) is 29.2. The highest BCUT2D eigenvalue weighted by Crippen LogP contribution is 2.28. The maximum absolute atomic E-state index is 9.83. The summed E-state index contributed by atoms with van der Waals surface area (Å²) in [6.07, 6.45) is 0.682. The monoisotopic (exact) mass is 279 g/mol. The number of ether oxygens (including phenoxy) is 1. The van der Waals surface area contributed by atoms with Gasteiger partial charge in [-0.1, -0.05) is 26.2 Å². The van der Waals surface area contributed by atoms with Crippen molar-refractivity contribution in [2.45, 2.75) is 62.5 Å². The van der Waals surface area contributed by atoms with Gasteiger partial charge in [0.2, 0.25) is 0 Å². The van der Waals surface area contributed by atoms with Gasteiger partial charge in [0, 0.05) is 6.54 Å². The molecule has 1 aliphatic rings. The van der Waals surface area contributed by atoms with E-state index in [-0.39, 0.29) is 6.54 Å². The van der Waals surface area contributed by atoms with Crippen molar-refractivity contribution in [2.75, 3.05) is 12.3 Å². The minimum Gasteiger partial charge on any atom is -0.388 e. The van der Waals surface area contributed by atoms with Gasteiger partial charge in [0.05, 0.1) is 6.10 Å². The van der Waals surface area contributed by atoms with Crippen molar-refractivity contribution >= 4 is 11.8 Å². The highest BCUT2D eigenvalue weighted by molar-refractivity contribution is 7.99. The molecule has 0 bridgehead atoms. The normalized spacial score (nSPS) is 36.8. The molecule has 0 aliphatic carbocycles. The molecule has 0 spiro atoms. The van der Waals surface area contributed by atoms with E-state index in [9.17, 15) is 15.3 Å². The van der Waals surface area contributed by atoms with E-state index < -0.39 is 29.9 Å². The molecule has 5 N–H and O–H groups in total. The Hall–Kier alpha value is 0.150. The van der Waals surface area contributed by atoms with Gasteiger partial charge in [0.15, 0.2) is 0 Å². The van der Waals surface area contributed by atoms with Crippen LogP contribution in [0, 0.1) is 0 Å². The van der Waals surface area contributed by atoms with Gasteiger partial charge in [0.25, 0.3) is 0 Å². The van der Waals surface area contributed by atoms with E-state index in [2.05, 4.69) is 6.92 Å². The molecule has 1 fully saturated rings. The predicted molar refractivity (Wildman–Crippen MR) is 72.3 cm³/mol. The summed E-state index contributed by atoms with van der Waals surface area (Å²) in [5.74, 6) is 0.877. The second kappa shape index (κ2) is 8.35. The quantitative estimate of drug-likeness (QED) is 0.492. The third kappa shape index (κ3) is 4.36. The Morgan fingerprint density at radius 1 is 1.06 bits per heavy atom. The molecule has 0 radical (unpaired) electrons. The van der Waals surface area contributed by atoms with Crippen molar-refractivity contribution in [3.05, 3.63) is 0 Å². The summed E-state index contributed by atoms with van der Waals surface area (Å²) in [6, 6.07) is 0. The Morgan fingerprint density at radius 2 is 1.78 bits per heavy atom. The number of hydrogen-bond acceptors (Lipinski definition) is 6. The van der Waals surface area contributed by atoms with Gasteiger partial charge in [-0.25, -0.2) is 0 Å². The topological polar surface area (TPSA) is 95.9 Å². The van der Waals surface area contributed by atoms with Crippen LogP contribution in [-0.4, -0.2) is 57.5 Å². The van der Waals surface area contributed by atoms with Crippen molar-refractivity contribution in [1.82, 2.24) is 0 Å². The lowest BCUT2D eigenvalue weighted by Gasteiger charge is -2.39. The molecular formula is C12H25NO4S. The third-order valence-corrected chi connectivity index (χ3v) is 4.42. The molecule has 1 unspecified atom stereocenters. The highest BCUT2D eigenvalue weighted by atomic mass is 32.2. The van der Waals surface area contributed by atoms with Crippen molar-refractivity contribution in [1.29, 1.82) is 0 Å². The van der Waals surface area contributed by atoms with Crippen LogP contribution in [-0.2, 0) is 4.74 Å². The summed E-state index contributed by atoms with van der Waals surface area (Å²) in [5.41, 5.74) is 4.97. The first-order valence-corrected chi connectivity index (χ1v) is 7.68. The molecule has 1 rings (SSSR count). The zero-order valence-electron chi connectivity index (χ0n) is 10.9. The van der Waals surface area contributed by atoms with E-state index in [0.717, 1.165) is 18.6 Å². The number of thioether (sulfide) groups is 1. The minimum absolute atomic E-state index is 0.137. The maximum Gasteiger partial charge on any atom is 0.132 e. The van der Waals surface area contributed by atoms with E-state index in [1.165, 1.54) is 24.6 Å². The van der Waals surface area contributed by atoms with Crippen molar-refractivity contribution in [2.24, 2.45) is 5.73 Å². The summed E-state index contributed by atoms with van der Waals surface area (Å²) in [6.45, 7) is 2.29. The van der Waals surface area contributed by atoms with Gasteiger partial charge in [0.1, 0.15) is 23.7 Å². The van der Waals surface area contributed by atoms with Crippen molar-refractivity contribution in [3.63, 3.8) is 0 Å². The number of unbranched alkanes of at least 4 members (excludes halogenated alkanes) is 3. The van der Waals surface area contributed by atoms with Gasteiger partial charge in [-0.3, -0.25) is 0 Å². The summed E-state index contributed by atoms with van der Waals surface area (Å²) in [4.78, 5) is 0. The summed E-state index contributed by atoms with van der Waals surface area (Å²) < 4.78 is 5.52. The molecule has 0 aromatic heterocycles. The number of aliphatic hydroxyl groups is 3. The predicted octanol–water partition coefficient (Wildman–Crippen LogP) is 0.0662. The Bertz CT molecular complexity index is 230. The highest BCUT2D eigenvalue weighted by Gasteiger charge is 2.42. The van der Waals surface area contributed by atoms with Crippen LogP contribution in [0.15, 0.2) is 0 Å². The van der Waals surface area contributed by atoms with Gasteiger partial charge in [-0.05, 0) is 12.2 Å². The Labute approximate surface area is 113 Å². The number of nitrogens with two attached hydrogens (primary N) is 1. The van der Waals surface area contributed by atoms with Gasteiger partial charge in [-0.2, -0.15) is 0 Å². The summed E-state index contributed by atoms with van der Waals surface area (Å²) in [7, 11) is 0. The van der Waals surface area contributed by atoms with Crippen LogP contribution in [0.3, 0.4) is 0 Å². The molecule has 0 amide bonds. The van der Waals surface area contributed by atoms with Gasteiger partial charge < -0.3 is 25.8 Å². The minimum atomic E-state index is -1.18. The molecule has 1 aliphatic heterocycles. The molecule has 0 aromatic carbocycles. The molecular weight excluding hydrogens is 254 g/mol. The SMILES string of the molecule is CCCCCCSC1O[C@H](CN)[C@@H](O)[C@H](O)[C@@H]1O. The molecule has 1 saturated heterocycles. The van der Waals surface area contributed by atoms with Crippen LogP contribution in [0.25, 0.3) is 0 Å². The van der Waals surface area contributed by atoms with Gasteiger partial charge >= 0.3 is 0 Å². The number of rotatable bonds is 7. The molecule has 18 heavy (non-hydrogen) atoms. The molecule has 6 heteroatoms. The maximum atomic E-state index is 9.83. The molecule has 1 heterocycles. The number of aliphatic hydroxyl groups excluding tert-OH is 3. The molecule has 5 nitrogen and oxygen atoms in total.